The van der Waals surface area contributed by atoms with Gasteiger partial charge in [-0.3, -0.25) is 0 Å². The van der Waals surface area contributed by atoms with Crippen LogP contribution in [0.25, 0.3) is 0 Å². The molecule has 68 valence electrons. The van der Waals surface area contributed by atoms with Crippen LogP contribution in [0.1, 0.15) is 12.8 Å². The average Bonchev–Trinajstić information content (AvgIpc) is 2.42. The highest BCUT2D eigenvalue weighted by Gasteiger charge is 2.38. The minimum atomic E-state index is -1.29. The topological polar surface area (TPSA) is 9.23 Å². The van der Waals surface area contributed by atoms with Gasteiger partial charge in [0.05, 0.1) is 6.10 Å². The predicted octanol–water partition coefficient (Wildman–Crippen LogP) is 2.80. The van der Waals surface area contributed by atoms with E-state index in [1.165, 1.54) is 12.8 Å². The van der Waals surface area contributed by atoms with E-state index in [2.05, 4.69) is 31.8 Å². The van der Waals surface area contributed by atoms with Crippen LogP contribution in [0, 0.1) is 11.8 Å². The molecule has 1 nitrogen and oxygen atoms in total. The molecule has 0 saturated heterocycles. The third-order valence-electron chi connectivity index (χ3n) is 2.72. The highest BCUT2D eigenvalue weighted by atomic mass is 28.4. The lowest BCUT2D eigenvalue weighted by Gasteiger charge is -2.27. The van der Waals surface area contributed by atoms with Gasteiger partial charge in [-0.25, -0.2) is 0 Å². The lowest BCUT2D eigenvalue weighted by atomic mass is 10.1. The van der Waals surface area contributed by atoms with E-state index in [9.17, 15) is 0 Å². The molecule has 3 atom stereocenters. The molecular formula is C10H18OSi. The van der Waals surface area contributed by atoms with E-state index in [0.29, 0.717) is 6.10 Å². The van der Waals surface area contributed by atoms with Crippen LogP contribution in [0.15, 0.2) is 12.2 Å². The van der Waals surface area contributed by atoms with Gasteiger partial charge in [0.2, 0.25) is 0 Å². The van der Waals surface area contributed by atoms with Gasteiger partial charge in [-0.2, -0.15) is 0 Å². The normalized spacial score (nSPS) is 39.4. The van der Waals surface area contributed by atoms with Gasteiger partial charge in [0.25, 0.3) is 0 Å². The van der Waals surface area contributed by atoms with Crippen LogP contribution in [-0.2, 0) is 4.43 Å². The molecule has 0 radical (unpaired) electrons. The van der Waals surface area contributed by atoms with Crippen molar-refractivity contribution in [3.8, 4) is 0 Å². The Hall–Kier alpha value is -0.0831. The Balaban J connectivity index is 1.96. The van der Waals surface area contributed by atoms with E-state index in [0.717, 1.165) is 11.8 Å². The van der Waals surface area contributed by atoms with Crippen molar-refractivity contribution in [1.82, 2.24) is 0 Å². The molecule has 3 unspecified atom stereocenters. The van der Waals surface area contributed by atoms with E-state index in [4.69, 9.17) is 4.43 Å². The summed E-state index contributed by atoms with van der Waals surface area (Å²) in [6, 6.07) is 0. The molecule has 2 aliphatic rings. The Morgan fingerprint density at radius 2 is 1.92 bits per heavy atom. The Morgan fingerprint density at radius 3 is 2.33 bits per heavy atom. The maximum absolute atomic E-state index is 6.12. The zero-order chi connectivity index (χ0) is 8.77. The maximum Gasteiger partial charge on any atom is 0.184 e. The summed E-state index contributed by atoms with van der Waals surface area (Å²) in [5, 5.41) is 0. The zero-order valence-electron chi connectivity index (χ0n) is 8.21. The van der Waals surface area contributed by atoms with Crippen molar-refractivity contribution in [2.24, 2.45) is 11.8 Å². The molecule has 2 bridgehead atoms. The molecule has 0 amide bonds. The second-order valence-corrected chi connectivity index (χ2v) is 9.51. The van der Waals surface area contributed by atoms with Crippen molar-refractivity contribution in [3.63, 3.8) is 0 Å². The summed E-state index contributed by atoms with van der Waals surface area (Å²) < 4.78 is 6.12. The highest BCUT2D eigenvalue weighted by Crippen LogP contribution is 2.41. The number of hydrogen-bond acceptors (Lipinski definition) is 1. The van der Waals surface area contributed by atoms with Gasteiger partial charge in [-0.1, -0.05) is 12.2 Å². The smallest absolute Gasteiger partial charge is 0.184 e. The molecule has 0 aromatic heterocycles. The molecule has 0 spiro atoms. The molecule has 0 heterocycles. The molecule has 2 rings (SSSR count). The monoisotopic (exact) mass is 182 g/mol. The summed E-state index contributed by atoms with van der Waals surface area (Å²) in [6.45, 7) is 6.84. The van der Waals surface area contributed by atoms with Crippen LogP contribution in [-0.4, -0.2) is 14.4 Å². The molecule has 0 aromatic rings. The predicted molar refractivity (Wildman–Crippen MR) is 53.6 cm³/mol. The summed E-state index contributed by atoms with van der Waals surface area (Å²) in [6.07, 6.45) is 7.93. The van der Waals surface area contributed by atoms with Crippen molar-refractivity contribution < 1.29 is 4.43 Å². The van der Waals surface area contributed by atoms with Gasteiger partial charge >= 0.3 is 0 Å². The fourth-order valence-electron chi connectivity index (χ4n) is 2.32. The lowest BCUT2D eigenvalue weighted by Crippen LogP contribution is -2.34. The molecule has 0 aromatic carbocycles. The fraction of sp³-hybridized carbons (Fsp3) is 0.800. The van der Waals surface area contributed by atoms with Gasteiger partial charge in [-0.15, -0.1) is 0 Å². The van der Waals surface area contributed by atoms with Crippen molar-refractivity contribution in [3.05, 3.63) is 12.2 Å². The summed E-state index contributed by atoms with van der Waals surface area (Å²) in [5.41, 5.74) is 0. The number of fused-ring (bicyclic) bond motifs is 2. The quantitative estimate of drug-likeness (QED) is 0.471. The van der Waals surface area contributed by atoms with E-state index in [-0.39, 0.29) is 0 Å². The highest BCUT2D eigenvalue weighted by molar-refractivity contribution is 6.69. The van der Waals surface area contributed by atoms with E-state index >= 15 is 0 Å². The van der Waals surface area contributed by atoms with Crippen LogP contribution < -0.4 is 0 Å². The van der Waals surface area contributed by atoms with Gasteiger partial charge in [0, 0.05) is 5.92 Å². The third kappa shape index (κ3) is 1.64. The SMILES string of the molecule is C[Si](C)(C)OC1CC2C=CC1C2. The number of hydrogen-bond donors (Lipinski definition) is 0. The van der Waals surface area contributed by atoms with Crippen LogP contribution in [0.4, 0.5) is 0 Å². The van der Waals surface area contributed by atoms with E-state index in [1.807, 2.05) is 0 Å². The first-order valence-corrected chi connectivity index (χ1v) is 8.31. The maximum atomic E-state index is 6.12. The Labute approximate surface area is 75.9 Å². The first-order valence-electron chi connectivity index (χ1n) is 4.91. The molecular weight excluding hydrogens is 164 g/mol. The third-order valence-corrected chi connectivity index (χ3v) is 3.73. The van der Waals surface area contributed by atoms with Crippen molar-refractivity contribution in [2.45, 2.75) is 38.6 Å². The molecule has 2 aliphatic carbocycles. The van der Waals surface area contributed by atoms with Crippen molar-refractivity contribution >= 4 is 8.32 Å². The van der Waals surface area contributed by atoms with Gasteiger partial charge in [0.1, 0.15) is 0 Å². The first kappa shape index (κ1) is 8.51. The summed E-state index contributed by atoms with van der Waals surface area (Å²) in [7, 11) is -1.29. The lowest BCUT2D eigenvalue weighted by molar-refractivity contribution is 0.167. The van der Waals surface area contributed by atoms with Crippen LogP contribution in [0.2, 0.25) is 19.6 Å². The molecule has 1 fully saturated rings. The summed E-state index contributed by atoms with van der Waals surface area (Å²) >= 11 is 0. The largest absolute Gasteiger partial charge is 0.414 e. The molecule has 2 heteroatoms. The Kier molecular flexibility index (Phi) is 1.92. The van der Waals surface area contributed by atoms with E-state index < -0.39 is 8.32 Å². The van der Waals surface area contributed by atoms with Crippen LogP contribution in [0.3, 0.4) is 0 Å². The molecule has 0 aliphatic heterocycles. The molecule has 12 heavy (non-hydrogen) atoms. The number of rotatable bonds is 2. The first-order chi connectivity index (χ1) is 5.54. The van der Waals surface area contributed by atoms with Crippen molar-refractivity contribution in [1.29, 1.82) is 0 Å². The van der Waals surface area contributed by atoms with Gasteiger partial charge < -0.3 is 4.43 Å². The Bertz CT molecular complexity index is 204. The second-order valence-electron chi connectivity index (χ2n) is 5.05. The summed E-state index contributed by atoms with van der Waals surface area (Å²) in [5.74, 6) is 1.60. The van der Waals surface area contributed by atoms with Crippen LogP contribution >= 0.6 is 0 Å². The minimum Gasteiger partial charge on any atom is -0.414 e. The van der Waals surface area contributed by atoms with E-state index in [1.54, 1.807) is 0 Å². The number of allylic oxidation sites excluding steroid dienone is 1. The molecule has 1 saturated carbocycles. The molecule has 0 N–H and O–H groups in total. The average molecular weight is 182 g/mol. The van der Waals surface area contributed by atoms with Crippen molar-refractivity contribution in [2.75, 3.05) is 0 Å². The van der Waals surface area contributed by atoms with Gasteiger partial charge in [-0.05, 0) is 38.4 Å². The van der Waals surface area contributed by atoms with Gasteiger partial charge in [0.15, 0.2) is 8.32 Å². The summed E-state index contributed by atoms with van der Waals surface area (Å²) in [4.78, 5) is 0. The fourth-order valence-corrected chi connectivity index (χ4v) is 3.50. The standard InChI is InChI=1S/C10H18OSi/c1-12(2,3)11-10-7-8-4-5-9(10)6-8/h4-5,8-10H,6-7H2,1-3H3. The minimum absolute atomic E-state index is 0.562. The zero-order valence-corrected chi connectivity index (χ0v) is 9.21. The van der Waals surface area contributed by atoms with Crippen LogP contribution in [0.5, 0.6) is 0 Å². The Morgan fingerprint density at radius 1 is 1.17 bits per heavy atom. The second kappa shape index (κ2) is 2.71.